The van der Waals surface area contributed by atoms with E-state index in [0.29, 0.717) is 0 Å². The standard InChI is InChI=1S/C38H31N3O9/c1-24-22-41(38(39-32(24)42)40-33(43)25-14-6-2-7-15-25)34-31(50-37(46)28-20-12-5-13-21-28)30(49-36(45)27-18-10-4-11-19-27)29(23-47-34)48-35(44)26-16-8-3-9-17-26/h2-22,29-31,34H,23H2,1H3,(H,39,40,42,43)/t29-,30-,31-,34-/m1/s1. The van der Waals surface area contributed by atoms with Crippen molar-refractivity contribution in [1.29, 1.82) is 0 Å². The van der Waals surface area contributed by atoms with Gasteiger partial charge in [0.15, 0.2) is 24.5 Å². The van der Waals surface area contributed by atoms with Gasteiger partial charge in [-0.3, -0.25) is 19.5 Å². The van der Waals surface area contributed by atoms with Gasteiger partial charge in [-0.05, 0) is 55.5 Å². The van der Waals surface area contributed by atoms with Crippen molar-refractivity contribution >= 4 is 29.8 Å². The van der Waals surface area contributed by atoms with Gasteiger partial charge in [-0.15, -0.1) is 0 Å². The summed E-state index contributed by atoms with van der Waals surface area (Å²) in [5.41, 5.74) is 0.428. The molecule has 0 saturated carbocycles. The summed E-state index contributed by atoms with van der Waals surface area (Å²) in [5, 5.41) is 2.64. The maximum atomic E-state index is 13.6. The van der Waals surface area contributed by atoms with Crippen molar-refractivity contribution in [2.45, 2.75) is 31.5 Å². The molecule has 1 amide bonds. The number of carbonyl (C=O) groups excluding carboxylic acids is 4. The molecule has 4 aromatic carbocycles. The van der Waals surface area contributed by atoms with E-state index in [1.165, 1.54) is 29.8 Å². The molecule has 12 nitrogen and oxygen atoms in total. The molecule has 12 heteroatoms. The molecule has 1 fully saturated rings. The maximum Gasteiger partial charge on any atom is 0.338 e. The quantitative estimate of drug-likeness (QED) is 0.167. The van der Waals surface area contributed by atoms with Crippen LogP contribution in [0.2, 0.25) is 0 Å². The number of nitrogens with zero attached hydrogens (tertiary/aromatic N) is 2. The maximum absolute atomic E-state index is 13.6. The Hall–Kier alpha value is -6.40. The van der Waals surface area contributed by atoms with Gasteiger partial charge in [0.05, 0.1) is 23.3 Å². The molecule has 1 aliphatic heterocycles. The van der Waals surface area contributed by atoms with Crippen molar-refractivity contribution in [3.63, 3.8) is 0 Å². The fraction of sp³-hybridized carbons (Fsp3) is 0.158. The number of hydrogen-bond acceptors (Lipinski definition) is 10. The van der Waals surface area contributed by atoms with Crippen LogP contribution in [0.15, 0.2) is 132 Å². The van der Waals surface area contributed by atoms with E-state index in [2.05, 4.69) is 10.3 Å². The van der Waals surface area contributed by atoms with Crippen molar-refractivity contribution in [1.82, 2.24) is 9.55 Å². The Morgan fingerprint density at radius 3 is 1.60 bits per heavy atom. The van der Waals surface area contributed by atoms with Crippen molar-refractivity contribution < 1.29 is 38.1 Å². The number of nitrogens with one attached hydrogen (secondary N) is 1. The molecule has 252 valence electrons. The molecule has 0 unspecified atom stereocenters. The van der Waals surface area contributed by atoms with Crippen molar-refractivity contribution in [2.75, 3.05) is 11.9 Å². The number of amides is 1. The van der Waals surface area contributed by atoms with E-state index in [1.54, 1.807) is 109 Å². The average molecular weight is 674 g/mol. The van der Waals surface area contributed by atoms with Gasteiger partial charge in [0.2, 0.25) is 5.95 Å². The van der Waals surface area contributed by atoms with E-state index in [1.807, 2.05) is 0 Å². The normalized spacial score (nSPS) is 18.3. The van der Waals surface area contributed by atoms with E-state index in [4.69, 9.17) is 18.9 Å². The molecular formula is C38H31N3O9. The topological polar surface area (TPSA) is 152 Å². The SMILES string of the molecule is Cc1cn([C@@H]2OC[C@@H](OC(=O)c3ccccc3)[C@@H](OC(=O)c3ccccc3)[C@H]2OC(=O)c2ccccc2)c(NC(=O)c2ccccc2)nc1=O. The monoisotopic (exact) mass is 673 g/mol. The highest BCUT2D eigenvalue weighted by Gasteiger charge is 2.49. The first-order valence-electron chi connectivity index (χ1n) is 15.6. The van der Waals surface area contributed by atoms with E-state index >= 15 is 0 Å². The molecule has 2 heterocycles. The van der Waals surface area contributed by atoms with Crippen LogP contribution < -0.4 is 10.9 Å². The zero-order valence-electron chi connectivity index (χ0n) is 26.7. The summed E-state index contributed by atoms with van der Waals surface area (Å²) in [4.78, 5) is 70.6. The van der Waals surface area contributed by atoms with Crippen LogP contribution in [-0.2, 0) is 18.9 Å². The van der Waals surface area contributed by atoms with Crippen LogP contribution >= 0.6 is 0 Å². The van der Waals surface area contributed by atoms with Gasteiger partial charge in [-0.25, -0.2) is 14.4 Å². The van der Waals surface area contributed by atoms with Crippen LogP contribution in [0.4, 0.5) is 5.95 Å². The van der Waals surface area contributed by atoms with Gasteiger partial charge in [-0.2, -0.15) is 4.98 Å². The average Bonchev–Trinajstić information content (AvgIpc) is 3.15. The van der Waals surface area contributed by atoms with Crippen molar-refractivity contribution in [3.05, 3.63) is 166 Å². The van der Waals surface area contributed by atoms with Gasteiger partial charge in [-0.1, -0.05) is 72.8 Å². The lowest BCUT2D eigenvalue weighted by atomic mass is 10.0. The predicted molar refractivity (Wildman–Crippen MR) is 180 cm³/mol. The Bertz CT molecular complexity index is 2040. The molecular weight excluding hydrogens is 642 g/mol. The number of rotatable bonds is 9. The molecule has 4 atom stereocenters. The second kappa shape index (κ2) is 15.2. The first kappa shape index (κ1) is 33.5. The summed E-state index contributed by atoms with van der Waals surface area (Å²) in [6.45, 7) is 1.17. The van der Waals surface area contributed by atoms with Crippen LogP contribution in [-0.4, -0.2) is 58.3 Å². The largest absolute Gasteiger partial charge is 0.452 e. The van der Waals surface area contributed by atoms with Gasteiger partial charge in [0.1, 0.15) is 0 Å². The third-order valence-corrected chi connectivity index (χ3v) is 7.83. The summed E-state index contributed by atoms with van der Waals surface area (Å²) >= 11 is 0. The summed E-state index contributed by atoms with van der Waals surface area (Å²) in [6.07, 6.45) is -4.18. The lowest BCUT2D eigenvalue weighted by Gasteiger charge is -2.41. The zero-order chi connectivity index (χ0) is 35.0. The molecule has 5 aromatic rings. The highest BCUT2D eigenvalue weighted by Crippen LogP contribution is 2.34. The molecule has 50 heavy (non-hydrogen) atoms. The van der Waals surface area contributed by atoms with E-state index in [-0.39, 0.29) is 40.4 Å². The predicted octanol–water partition coefficient (Wildman–Crippen LogP) is 5.01. The first-order chi connectivity index (χ1) is 24.3. The number of esters is 3. The van der Waals surface area contributed by atoms with Crippen molar-refractivity contribution in [3.8, 4) is 0 Å². The molecule has 0 radical (unpaired) electrons. The Morgan fingerprint density at radius 2 is 1.10 bits per heavy atom. The van der Waals surface area contributed by atoms with Crippen LogP contribution in [0.3, 0.4) is 0 Å². The summed E-state index contributed by atoms with van der Waals surface area (Å²) in [7, 11) is 0. The van der Waals surface area contributed by atoms with E-state index in [0.717, 1.165) is 0 Å². The fourth-order valence-electron chi connectivity index (χ4n) is 5.29. The minimum absolute atomic E-state index is 0.176. The smallest absolute Gasteiger partial charge is 0.338 e. The number of carbonyl (C=O) groups is 4. The number of benzene rings is 4. The summed E-state index contributed by atoms with van der Waals surface area (Å²) in [6, 6.07) is 32.7. The van der Waals surface area contributed by atoms with Gasteiger partial charge in [0.25, 0.3) is 11.5 Å². The second-order valence-electron chi connectivity index (χ2n) is 11.3. The third-order valence-electron chi connectivity index (χ3n) is 7.83. The minimum atomic E-state index is -1.51. The Morgan fingerprint density at radius 1 is 0.660 bits per heavy atom. The van der Waals surface area contributed by atoms with Gasteiger partial charge >= 0.3 is 17.9 Å². The lowest BCUT2D eigenvalue weighted by molar-refractivity contribution is -0.211. The van der Waals surface area contributed by atoms with Gasteiger partial charge in [0, 0.05) is 17.3 Å². The van der Waals surface area contributed by atoms with Crippen LogP contribution in [0.5, 0.6) is 0 Å². The first-order valence-corrected chi connectivity index (χ1v) is 15.6. The van der Waals surface area contributed by atoms with Crippen LogP contribution in [0.1, 0.15) is 53.2 Å². The van der Waals surface area contributed by atoms with Crippen molar-refractivity contribution in [2.24, 2.45) is 0 Å². The fourth-order valence-corrected chi connectivity index (χ4v) is 5.29. The molecule has 1 aromatic heterocycles. The highest BCUT2D eigenvalue weighted by molar-refractivity contribution is 6.03. The lowest BCUT2D eigenvalue weighted by Crippen LogP contribution is -2.56. The summed E-state index contributed by atoms with van der Waals surface area (Å²) in [5.74, 6) is -3.13. The molecule has 0 bridgehead atoms. The zero-order valence-corrected chi connectivity index (χ0v) is 26.7. The van der Waals surface area contributed by atoms with E-state index < -0.39 is 53.9 Å². The Kier molecular flexibility index (Phi) is 10.2. The number of aryl methyl sites for hydroxylation is 1. The molecule has 1 saturated heterocycles. The Labute approximate surface area is 286 Å². The molecule has 1 aliphatic rings. The third kappa shape index (κ3) is 7.66. The van der Waals surface area contributed by atoms with E-state index in [9.17, 15) is 24.0 Å². The number of anilines is 1. The number of ether oxygens (including phenoxy) is 4. The molecule has 0 spiro atoms. The highest BCUT2D eigenvalue weighted by atomic mass is 16.6. The molecule has 6 rings (SSSR count). The molecule has 1 N–H and O–H groups in total. The second-order valence-corrected chi connectivity index (χ2v) is 11.3. The minimum Gasteiger partial charge on any atom is -0.452 e. The number of aromatic nitrogens is 2. The summed E-state index contributed by atoms with van der Waals surface area (Å²) < 4.78 is 25.5. The molecule has 0 aliphatic carbocycles. The number of hydrogen-bond donors (Lipinski definition) is 1. The van der Waals surface area contributed by atoms with Crippen LogP contribution in [0.25, 0.3) is 0 Å². The van der Waals surface area contributed by atoms with Crippen LogP contribution in [0, 0.1) is 6.92 Å². The van der Waals surface area contributed by atoms with Gasteiger partial charge < -0.3 is 18.9 Å². The Balaban J connectivity index is 1.43.